The number of hydrogen-bond donors (Lipinski definition) is 2. The zero-order valence-electron chi connectivity index (χ0n) is 16.8. The van der Waals surface area contributed by atoms with Crippen LogP contribution in [0.1, 0.15) is 36.5 Å². The number of hydrogen-bond acceptors (Lipinski definition) is 10. The van der Waals surface area contributed by atoms with Gasteiger partial charge in [0, 0.05) is 24.8 Å². The molecule has 1 aromatic carbocycles. The van der Waals surface area contributed by atoms with E-state index in [-0.39, 0.29) is 100 Å². The Morgan fingerprint density at radius 1 is 0.931 bits per heavy atom. The maximum Gasteiger partial charge on any atom is 1.00 e. The van der Waals surface area contributed by atoms with Gasteiger partial charge >= 0.3 is 94.6 Å². The number of carbonyl (C=O) groups is 4. The first-order valence-electron chi connectivity index (χ1n) is 7.31. The van der Waals surface area contributed by atoms with E-state index < -0.39 is 36.4 Å². The molecule has 29 heavy (non-hydrogen) atoms. The molecule has 0 fully saturated rings. The first-order valence-corrected chi connectivity index (χ1v) is 7.31. The zero-order chi connectivity index (χ0) is 20.3. The van der Waals surface area contributed by atoms with Gasteiger partial charge in [0.15, 0.2) is 0 Å². The van der Waals surface area contributed by atoms with Crippen LogP contribution in [0.4, 0.5) is 0 Å². The van der Waals surface area contributed by atoms with Gasteiger partial charge in [-0.25, -0.2) is 4.79 Å². The molecular weight excluding hydrogens is 421 g/mol. The normalized spacial score (nSPS) is 9.17. The first-order chi connectivity index (χ1) is 12.0. The summed E-state index contributed by atoms with van der Waals surface area (Å²) in [6.07, 6.45) is -1.91. The Bertz CT molecular complexity index is 633. The molecule has 0 amide bonds. The molecule has 1 aromatic rings. The SMILES string of the molecule is CCCOC(=O)c1ccc(O)cc1.O=C([O-])CC(O)(CC(=O)[O-])C(=O)[O-].[Na+].[Na+].[Na+]. The van der Waals surface area contributed by atoms with Crippen LogP contribution in [0, 0.1) is 0 Å². The number of rotatable bonds is 8. The van der Waals surface area contributed by atoms with E-state index in [2.05, 4.69) is 0 Å². The maximum absolute atomic E-state index is 11.2. The van der Waals surface area contributed by atoms with E-state index in [1.165, 1.54) is 24.3 Å². The average Bonchev–Trinajstić information content (AvgIpc) is 2.52. The number of aliphatic hydroxyl groups is 1. The minimum absolute atomic E-state index is 0. The fourth-order valence-corrected chi connectivity index (χ4v) is 1.56. The van der Waals surface area contributed by atoms with E-state index in [0.717, 1.165) is 6.42 Å². The molecule has 0 atom stereocenters. The van der Waals surface area contributed by atoms with Gasteiger partial charge in [0.2, 0.25) is 0 Å². The molecule has 13 heteroatoms. The number of carboxylic acid groups (broad SMARTS) is 3. The van der Waals surface area contributed by atoms with Crippen LogP contribution in [-0.2, 0) is 19.1 Å². The summed E-state index contributed by atoms with van der Waals surface area (Å²) in [5, 5.41) is 47.9. The van der Waals surface area contributed by atoms with Crippen molar-refractivity contribution in [2.45, 2.75) is 31.8 Å². The number of aliphatic carboxylic acids is 3. The molecule has 0 spiro atoms. The largest absolute Gasteiger partial charge is 1.00 e. The Morgan fingerprint density at radius 2 is 1.34 bits per heavy atom. The minimum atomic E-state index is -2.97. The number of benzene rings is 1. The quantitative estimate of drug-likeness (QED) is 0.291. The van der Waals surface area contributed by atoms with E-state index in [1.807, 2.05) is 6.92 Å². The van der Waals surface area contributed by atoms with Gasteiger partial charge in [-0.05, 0) is 30.7 Å². The molecule has 144 valence electrons. The molecule has 10 nitrogen and oxygen atoms in total. The van der Waals surface area contributed by atoms with E-state index in [1.54, 1.807) is 0 Å². The molecule has 0 saturated heterocycles. The number of ether oxygens (including phenoxy) is 1. The predicted octanol–water partition coefficient (Wildman–Crippen LogP) is -12.3. The number of esters is 1. The average molecular weight is 438 g/mol. The number of phenols is 1. The van der Waals surface area contributed by atoms with Crippen molar-refractivity contribution < 1.29 is 138 Å². The van der Waals surface area contributed by atoms with Gasteiger partial charge in [0.25, 0.3) is 0 Å². The van der Waals surface area contributed by atoms with Crippen molar-refractivity contribution in [2.75, 3.05) is 6.61 Å². The molecule has 0 aromatic heterocycles. The van der Waals surface area contributed by atoms with Crippen LogP contribution in [-0.4, -0.2) is 46.3 Å². The molecule has 0 radical (unpaired) electrons. The van der Waals surface area contributed by atoms with Crippen LogP contribution in [0.2, 0.25) is 0 Å². The molecular formula is C16H17Na3O10. The number of phenolic OH excluding ortho intramolecular Hbond substituents is 1. The zero-order valence-corrected chi connectivity index (χ0v) is 22.8. The second kappa shape index (κ2) is 18.6. The summed E-state index contributed by atoms with van der Waals surface area (Å²) in [6.45, 7) is 2.36. The summed E-state index contributed by atoms with van der Waals surface area (Å²) < 4.78 is 4.90. The van der Waals surface area contributed by atoms with Crippen LogP contribution in [0.5, 0.6) is 5.75 Å². The van der Waals surface area contributed by atoms with Gasteiger partial charge in [-0.2, -0.15) is 0 Å². The summed E-state index contributed by atoms with van der Waals surface area (Å²) >= 11 is 0. The Labute approximate surface area is 233 Å². The van der Waals surface area contributed by atoms with Gasteiger partial charge in [-0.3, -0.25) is 0 Å². The molecule has 0 aliphatic rings. The monoisotopic (exact) mass is 438 g/mol. The Balaban J connectivity index is -0.000000195. The standard InChI is InChI=1S/C10H12O3.C6H8O7.3Na/c1-2-7-13-10(12)8-3-5-9(11)6-4-8;7-3(8)1-6(13,5(11)12)2-4(9)10;;;/h3-6,11H,2,7H2,1H3;13H,1-2H2,(H,7,8)(H,9,10)(H,11,12);;;/q;;3*+1/p-3. The van der Waals surface area contributed by atoms with Crippen LogP contribution < -0.4 is 104 Å². The molecule has 0 bridgehead atoms. The second-order valence-electron chi connectivity index (χ2n) is 5.10. The third-order valence-electron chi connectivity index (χ3n) is 2.79. The van der Waals surface area contributed by atoms with Crippen LogP contribution in [0.25, 0.3) is 0 Å². The van der Waals surface area contributed by atoms with E-state index in [4.69, 9.17) is 14.9 Å². The number of carboxylic acids is 3. The topological polar surface area (TPSA) is 187 Å². The van der Waals surface area contributed by atoms with Gasteiger partial charge in [-0.15, -0.1) is 0 Å². The summed E-state index contributed by atoms with van der Waals surface area (Å²) in [7, 11) is 0. The van der Waals surface area contributed by atoms with Crippen molar-refractivity contribution in [3.63, 3.8) is 0 Å². The van der Waals surface area contributed by atoms with Crippen molar-refractivity contribution >= 4 is 23.9 Å². The molecule has 0 aliphatic heterocycles. The molecule has 1 rings (SSSR count). The van der Waals surface area contributed by atoms with Crippen molar-refractivity contribution in [1.29, 1.82) is 0 Å². The second-order valence-corrected chi connectivity index (χ2v) is 5.10. The van der Waals surface area contributed by atoms with Crippen LogP contribution in [0.15, 0.2) is 24.3 Å². The van der Waals surface area contributed by atoms with Gasteiger partial charge < -0.3 is 44.7 Å². The van der Waals surface area contributed by atoms with Crippen molar-refractivity contribution in [1.82, 2.24) is 0 Å². The van der Waals surface area contributed by atoms with E-state index >= 15 is 0 Å². The Hall–Kier alpha value is -0.140. The van der Waals surface area contributed by atoms with Crippen LogP contribution in [0.3, 0.4) is 0 Å². The minimum Gasteiger partial charge on any atom is -0.550 e. The molecule has 2 N–H and O–H groups in total. The number of aromatic hydroxyl groups is 1. The van der Waals surface area contributed by atoms with E-state index in [9.17, 15) is 34.5 Å². The van der Waals surface area contributed by atoms with Crippen molar-refractivity contribution in [3.05, 3.63) is 29.8 Å². The third kappa shape index (κ3) is 16.3. The summed E-state index contributed by atoms with van der Waals surface area (Å²) in [5.74, 6) is -6.18. The van der Waals surface area contributed by atoms with E-state index in [0.29, 0.717) is 12.2 Å². The molecule has 0 heterocycles. The van der Waals surface area contributed by atoms with Crippen LogP contribution >= 0.6 is 0 Å². The number of carbonyl (C=O) groups excluding carboxylic acids is 4. The Kier molecular flexibility index (Phi) is 23.3. The predicted molar refractivity (Wildman–Crippen MR) is 77.9 cm³/mol. The fraction of sp³-hybridized carbons (Fsp3) is 0.375. The summed E-state index contributed by atoms with van der Waals surface area (Å²) in [4.78, 5) is 41.2. The smallest absolute Gasteiger partial charge is 0.550 e. The molecule has 0 saturated carbocycles. The van der Waals surface area contributed by atoms with Crippen molar-refractivity contribution in [3.8, 4) is 5.75 Å². The van der Waals surface area contributed by atoms with Gasteiger partial charge in [-0.1, -0.05) is 6.92 Å². The van der Waals surface area contributed by atoms with Crippen molar-refractivity contribution in [2.24, 2.45) is 0 Å². The molecule has 0 unspecified atom stereocenters. The van der Waals surface area contributed by atoms with Gasteiger partial charge in [0.1, 0.15) is 11.4 Å². The van der Waals surface area contributed by atoms with Gasteiger partial charge in [0.05, 0.1) is 18.1 Å². The fourth-order valence-electron chi connectivity index (χ4n) is 1.56. The maximum atomic E-state index is 11.2. The third-order valence-corrected chi connectivity index (χ3v) is 2.79. The first kappa shape index (κ1) is 36.2. The summed E-state index contributed by atoms with van der Waals surface area (Å²) in [6, 6.07) is 5.99. The Morgan fingerprint density at radius 3 is 1.66 bits per heavy atom. The summed E-state index contributed by atoms with van der Waals surface area (Å²) in [5.41, 5.74) is -2.51. The molecule has 0 aliphatic carbocycles.